The van der Waals surface area contributed by atoms with Crippen LogP contribution in [0.4, 0.5) is 5.82 Å². The van der Waals surface area contributed by atoms with Gasteiger partial charge >= 0.3 is 0 Å². The van der Waals surface area contributed by atoms with Crippen molar-refractivity contribution in [3.8, 4) is 11.4 Å². The second kappa shape index (κ2) is 7.40. The van der Waals surface area contributed by atoms with Crippen LogP contribution in [0.5, 0.6) is 0 Å². The summed E-state index contributed by atoms with van der Waals surface area (Å²) < 4.78 is 1.03. The Balaban J connectivity index is 1.73. The van der Waals surface area contributed by atoms with E-state index in [1.807, 2.05) is 43.4 Å². The highest BCUT2D eigenvalue weighted by Crippen LogP contribution is 2.20. The number of halogens is 1. The van der Waals surface area contributed by atoms with Crippen molar-refractivity contribution in [2.45, 2.75) is 6.42 Å². The number of benzene rings is 1. The lowest BCUT2D eigenvalue weighted by Gasteiger charge is -2.18. The van der Waals surface area contributed by atoms with Crippen molar-refractivity contribution < 1.29 is 0 Å². The topological polar surface area (TPSA) is 61.9 Å². The summed E-state index contributed by atoms with van der Waals surface area (Å²) >= 11 is 3.43. The van der Waals surface area contributed by atoms with E-state index < -0.39 is 0 Å². The van der Waals surface area contributed by atoms with Gasteiger partial charge in [-0.15, -0.1) is 0 Å². The van der Waals surface area contributed by atoms with Gasteiger partial charge in [-0.2, -0.15) is 0 Å². The molecule has 2 heterocycles. The summed E-state index contributed by atoms with van der Waals surface area (Å²) in [5.74, 6) is 1.55. The molecule has 3 rings (SSSR count). The summed E-state index contributed by atoms with van der Waals surface area (Å²) in [6, 6.07) is 13.4. The molecule has 1 N–H and O–H groups in total. The number of nitrogens with zero attached hydrogens (tertiary/aromatic N) is 3. The molecule has 0 unspecified atom stereocenters. The molecule has 0 aliphatic rings. The van der Waals surface area contributed by atoms with Crippen LogP contribution in [0.15, 0.2) is 64.1 Å². The number of nitrogens with one attached hydrogen (secondary N) is 1. The molecule has 0 fully saturated rings. The average Bonchev–Trinajstić information content (AvgIpc) is 2.60. The number of aromatic amines is 1. The summed E-state index contributed by atoms with van der Waals surface area (Å²) in [5.41, 5.74) is 1.91. The molecule has 0 radical (unpaired) electrons. The number of hydrogen-bond acceptors (Lipinski definition) is 4. The highest BCUT2D eigenvalue weighted by molar-refractivity contribution is 9.10. The van der Waals surface area contributed by atoms with Gasteiger partial charge in [0.05, 0.1) is 0 Å². The predicted molar refractivity (Wildman–Crippen MR) is 99.2 cm³/mol. The summed E-state index contributed by atoms with van der Waals surface area (Å²) in [4.78, 5) is 25.0. The van der Waals surface area contributed by atoms with Gasteiger partial charge in [-0.1, -0.05) is 28.1 Å². The van der Waals surface area contributed by atoms with Crippen molar-refractivity contribution in [2.24, 2.45) is 0 Å². The van der Waals surface area contributed by atoms with Gasteiger partial charge in [0, 0.05) is 42.1 Å². The number of likely N-dealkylation sites (N-methyl/N-ethyl adjacent to an activating group) is 1. The molecule has 122 valence electrons. The van der Waals surface area contributed by atoms with Crippen molar-refractivity contribution in [3.05, 3.63) is 75.2 Å². The fraction of sp³-hybridized carbons (Fsp3) is 0.167. The van der Waals surface area contributed by atoms with Crippen LogP contribution < -0.4 is 10.5 Å². The Kier molecular flexibility index (Phi) is 5.05. The van der Waals surface area contributed by atoms with Gasteiger partial charge in [0.1, 0.15) is 5.82 Å². The molecule has 0 saturated carbocycles. The van der Waals surface area contributed by atoms with E-state index in [0.717, 1.165) is 34.4 Å². The van der Waals surface area contributed by atoms with Crippen LogP contribution in [0.1, 0.15) is 5.56 Å². The maximum absolute atomic E-state index is 11.3. The number of anilines is 1. The molecule has 0 aliphatic heterocycles. The Morgan fingerprint density at radius 2 is 1.96 bits per heavy atom. The molecule has 3 aromatic rings. The quantitative estimate of drug-likeness (QED) is 0.732. The van der Waals surface area contributed by atoms with Crippen molar-refractivity contribution in [1.82, 2.24) is 15.0 Å². The van der Waals surface area contributed by atoms with Gasteiger partial charge in [0.15, 0.2) is 5.82 Å². The zero-order valence-corrected chi connectivity index (χ0v) is 14.8. The third-order valence-electron chi connectivity index (χ3n) is 3.71. The third-order valence-corrected chi connectivity index (χ3v) is 4.24. The molecule has 6 heteroatoms. The lowest BCUT2D eigenvalue weighted by atomic mass is 10.2. The lowest BCUT2D eigenvalue weighted by Crippen LogP contribution is -2.22. The highest BCUT2D eigenvalue weighted by Gasteiger charge is 2.07. The summed E-state index contributed by atoms with van der Waals surface area (Å²) in [6.07, 6.45) is 4.22. The van der Waals surface area contributed by atoms with Crippen molar-refractivity contribution in [1.29, 1.82) is 0 Å². The first-order valence-electron chi connectivity index (χ1n) is 7.59. The van der Waals surface area contributed by atoms with Gasteiger partial charge in [-0.3, -0.25) is 4.79 Å². The predicted octanol–water partition coefficient (Wildman–Crippen LogP) is 3.27. The molecule has 24 heavy (non-hydrogen) atoms. The fourth-order valence-electron chi connectivity index (χ4n) is 2.36. The van der Waals surface area contributed by atoms with Crippen molar-refractivity contribution in [3.63, 3.8) is 0 Å². The molecule has 0 atom stereocenters. The minimum absolute atomic E-state index is 0.0743. The maximum Gasteiger partial charge on any atom is 0.248 e. The van der Waals surface area contributed by atoms with E-state index in [-0.39, 0.29) is 5.56 Å². The Bertz CT molecular complexity index is 876. The zero-order valence-electron chi connectivity index (χ0n) is 13.2. The van der Waals surface area contributed by atoms with Crippen molar-refractivity contribution >= 4 is 21.7 Å². The van der Waals surface area contributed by atoms with E-state index in [9.17, 15) is 4.79 Å². The smallest absolute Gasteiger partial charge is 0.248 e. The van der Waals surface area contributed by atoms with E-state index in [0.29, 0.717) is 5.82 Å². The van der Waals surface area contributed by atoms with Gasteiger partial charge in [0.25, 0.3) is 0 Å². The minimum Gasteiger partial charge on any atom is -0.359 e. The van der Waals surface area contributed by atoms with Crippen molar-refractivity contribution in [2.75, 3.05) is 18.5 Å². The molecule has 5 nitrogen and oxygen atoms in total. The molecular weight excluding hydrogens is 368 g/mol. The lowest BCUT2D eigenvalue weighted by molar-refractivity contribution is 0.854. The molecule has 1 aromatic carbocycles. The summed E-state index contributed by atoms with van der Waals surface area (Å²) in [5, 5.41) is 0. The average molecular weight is 385 g/mol. The monoisotopic (exact) mass is 384 g/mol. The third kappa shape index (κ3) is 4.08. The SMILES string of the molecule is CN(CCc1cc[nH]c(=O)c1)c1ccnc(-c2ccc(Br)cc2)n1. The van der Waals surface area contributed by atoms with E-state index in [2.05, 4.69) is 35.8 Å². The van der Waals surface area contributed by atoms with Gasteiger partial charge < -0.3 is 9.88 Å². The fourth-order valence-corrected chi connectivity index (χ4v) is 2.62. The summed E-state index contributed by atoms with van der Waals surface area (Å²) in [7, 11) is 1.99. The first kappa shape index (κ1) is 16.4. The van der Waals surface area contributed by atoms with Crippen LogP contribution in [0.2, 0.25) is 0 Å². The van der Waals surface area contributed by atoms with Gasteiger partial charge in [0.2, 0.25) is 5.56 Å². The molecule has 0 amide bonds. The first-order chi connectivity index (χ1) is 11.6. The molecule has 2 aromatic heterocycles. The largest absolute Gasteiger partial charge is 0.359 e. The zero-order chi connectivity index (χ0) is 16.9. The Morgan fingerprint density at radius 3 is 2.71 bits per heavy atom. The number of aromatic nitrogens is 3. The van der Waals surface area contributed by atoms with Gasteiger partial charge in [-0.05, 0) is 36.2 Å². The van der Waals surface area contributed by atoms with E-state index >= 15 is 0 Å². The number of H-pyrrole nitrogens is 1. The standard InChI is InChI=1S/C18H17BrN4O/c1-23(11-8-13-6-9-20-17(24)12-13)16-7-10-21-18(22-16)14-2-4-15(19)5-3-14/h2-7,9-10,12H,8,11H2,1H3,(H,20,24). The normalized spacial score (nSPS) is 10.6. The van der Waals surface area contributed by atoms with Crippen LogP contribution in [0, 0.1) is 0 Å². The first-order valence-corrected chi connectivity index (χ1v) is 8.39. The molecule has 0 aliphatic carbocycles. The van der Waals surface area contributed by atoms with Gasteiger partial charge in [-0.25, -0.2) is 9.97 Å². The van der Waals surface area contributed by atoms with E-state index in [4.69, 9.17) is 0 Å². The molecular formula is C18H17BrN4O. The Hall–Kier alpha value is -2.47. The number of pyridine rings is 1. The second-order valence-electron chi connectivity index (χ2n) is 5.48. The van der Waals surface area contributed by atoms with Crippen LogP contribution in [0.25, 0.3) is 11.4 Å². The Morgan fingerprint density at radius 1 is 1.17 bits per heavy atom. The van der Waals surface area contributed by atoms with E-state index in [1.165, 1.54) is 0 Å². The summed E-state index contributed by atoms with van der Waals surface area (Å²) in [6.45, 7) is 0.764. The highest BCUT2D eigenvalue weighted by atomic mass is 79.9. The van der Waals surface area contributed by atoms with E-state index in [1.54, 1.807) is 18.5 Å². The number of hydrogen-bond donors (Lipinski definition) is 1. The molecule has 0 spiro atoms. The molecule has 0 bridgehead atoms. The van der Waals surface area contributed by atoms with Crippen LogP contribution in [0.3, 0.4) is 0 Å². The molecule has 0 saturated heterocycles. The minimum atomic E-state index is -0.0743. The Labute approximate surface area is 148 Å². The van der Waals surface area contributed by atoms with Crippen LogP contribution in [-0.4, -0.2) is 28.5 Å². The van der Waals surface area contributed by atoms with Crippen LogP contribution in [-0.2, 0) is 6.42 Å². The van der Waals surface area contributed by atoms with Crippen LogP contribution >= 0.6 is 15.9 Å². The second-order valence-corrected chi connectivity index (χ2v) is 6.39. The maximum atomic E-state index is 11.3. The number of rotatable bonds is 5.